The normalized spacial score (nSPS) is 13.0. The highest BCUT2D eigenvalue weighted by Gasteiger charge is 2.19. The van der Waals surface area contributed by atoms with Crippen molar-refractivity contribution in [3.8, 4) is 0 Å². The first-order chi connectivity index (χ1) is 8.14. The van der Waals surface area contributed by atoms with Crippen molar-refractivity contribution in [2.45, 2.75) is 52.4 Å². The lowest BCUT2D eigenvalue weighted by Gasteiger charge is -2.25. The summed E-state index contributed by atoms with van der Waals surface area (Å²) in [6.07, 6.45) is 4.24. The number of carbonyl (C=O) groups is 1. The van der Waals surface area contributed by atoms with Crippen LogP contribution in [-0.4, -0.2) is 6.29 Å². The minimum absolute atomic E-state index is 0.116. The quantitative estimate of drug-likeness (QED) is 0.553. The summed E-state index contributed by atoms with van der Waals surface area (Å²) in [7, 11) is 0. The van der Waals surface area contributed by atoms with Gasteiger partial charge in [0.1, 0.15) is 6.29 Å². The lowest BCUT2D eigenvalue weighted by atomic mass is 9.79. The minimum atomic E-state index is 0.116. The van der Waals surface area contributed by atoms with Gasteiger partial charge in [0.25, 0.3) is 0 Å². The van der Waals surface area contributed by atoms with Crippen molar-refractivity contribution in [3.63, 3.8) is 0 Å². The van der Waals surface area contributed by atoms with Crippen molar-refractivity contribution in [2.75, 3.05) is 0 Å². The molecule has 0 fully saturated rings. The Bertz CT molecular complexity index is 421. The number of hydrogen-bond acceptors (Lipinski definition) is 1. The molecule has 0 saturated heterocycles. The molecule has 0 heterocycles. The van der Waals surface area contributed by atoms with E-state index < -0.39 is 0 Å². The SMILES string of the molecule is CC(C)(C)c1cc(C=CC=O)cc(C(C)(C)C)c1. The average Bonchev–Trinajstić information content (AvgIpc) is 2.23. The molecule has 1 nitrogen and oxygen atoms in total. The molecule has 0 aliphatic carbocycles. The minimum Gasteiger partial charge on any atom is -0.299 e. The highest BCUT2D eigenvalue weighted by molar-refractivity contribution is 5.74. The number of carbonyl (C=O) groups excluding carboxylic acids is 1. The maximum absolute atomic E-state index is 10.5. The van der Waals surface area contributed by atoms with Crippen molar-refractivity contribution >= 4 is 12.4 Å². The lowest BCUT2D eigenvalue weighted by molar-refractivity contribution is -0.104. The summed E-state index contributed by atoms with van der Waals surface area (Å²) in [5.41, 5.74) is 3.94. The zero-order valence-corrected chi connectivity index (χ0v) is 12.4. The number of allylic oxidation sites excluding steroid dienone is 1. The van der Waals surface area contributed by atoms with Crippen molar-refractivity contribution in [1.82, 2.24) is 0 Å². The standard InChI is InChI=1S/C17H24O/c1-16(2,3)14-10-13(8-7-9-18)11-15(12-14)17(4,5)6/h7-12H,1-6H3. The second-order valence-electron chi connectivity index (χ2n) is 6.84. The van der Waals surface area contributed by atoms with Gasteiger partial charge in [-0.25, -0.2) is 0 Å². The van der Waals surface area contributed by atoms with Gasteiger partial charge in [-0.3, -0.25) is 4.79 Å². The van der Waals surface area contributed by atoms with Gasteiger partial charge in [0.15, 0.2) is 0 Å². The molecule has 1 heteroatoms. The molecule has 0 N–H and O–H groups in total. The summed E-state index contributed by atoms with van der Waals surface area (Å²) in [5.74, 6) is 0. The van der Waals surface area contributed by atoms with Crippen LogP contribution in [0.5, 0.6) is 0 Å². The van der Waals surface area contributed by atoms with Crippen LogP contribution in [0.2, 0.25) is 0 Å². The molecule has 0 spiro atoms. The van der Waals surface area contributed by atoms with E-state index in [1.807, 2.05) is 6.08 Å². The van der Waals surface area contributed by atoms with Crippen molar-refractivity contribution < 1.29 is 4.79 Å². The van der Waals surface area contributed by atoms with E-state index in [1.165, 1.54) is 11.1 Å². The van der Waals surface area contributed by atoms with E-state index in [9.17, 15) is 4.79 Å². The molecule has 18 heavy (non-hydrogen) atoms. The largest absolute Gasteiger partial charge is 0.299 e. The van der Waals surface area contributed by atoms with E-state index in [0.29, 0.717) is 0 Å². The predicted octanol–water partition coefficient (Wildman–Crippen LogP) is 4.49. The molecule has 0 radical (unpaired) electrons. The van der Waals surface area contributed by atoms with Gasteiger partial charge in [-0.2, -0.15) is 0 Å². The Morgan fingerprint density at radius 3 is 1.61 bits per heavy atom. The van der Waals surface area contributed by atoms with Crippen LogP contribution in [-0.2, 0) is 15.6 Å². The fourth-order valence-electron chi connectivity index (χ4n) is 1.76. The Balaban J connectivity index is 3.38. The fourth-order valence-corrected chi connectivity index (χ4v) is 1.76. The van der Waals surface area contributed by atoms with Gasteiger partial charge in [0, 0.05) is 0 Å². The Morgan fingerprint density at radius 2 is 1.28 bits per heavy atom. The van der Waals surface area contributed by atoms with E-state index in [1.54, 1.807) is 6.08 Å². The summed E-state index contributed by atoms with van der Waals surface area (Å²) in [6, 6.07) is 6.60. The first kappa shape index (κ1) is 14.7. The molecule has 0 aliphatic heterocycles. The van der Waals surface area contributed by atoms with Gasteiger partial charge in [-0.05, 0) is 33.6 Å². The highest BCUT2D eigenvalue weighted by atomic mass is 16.1. The maximum Gasteiger partial charge on any atom is 0.142 e. The van der Waals surface area contributed by atoms with Crippen molar-refractivity contribution in [3.05, 3.63) is 41.0 Å². The third kappa shape index (κ3) is 3.83. The maximum atomic E-state index is 10.5. The van der Waals surface area contributed by atoms with Gasteiger partial charge in [-0.1, -0.05) is 65.8 Å². The Labute approximate surface area is 111 Å². The number of benzene rings is 1. The van der Waals surface area contributed by atoms with Gasteiger partial charge in [-0.15, -0.1) is 0 Å². The zero-order valence-electron chi connectivity index (χ0n) is 12.4. The summed E-state index contributed by atoms with van der Waals surface area (Å²) in [4.78, 5) is 10.5. The highest BCUT2D eigenvalue weighted by Crippen LogP contribution is 2.30. The number of aldehydes is 1. The molecule has 0 amide bonds. The molecule has 0 unspecified atom stereocenters. The molecule has 1 aromatic rings. The Morgan fingerprint density at radius 1 is 0.833 bits per heavy atom. The topological polar surface area (TPSA) is 17.1 Å². The first-order valence-corrected chi connectivity index (χ1v) is 6.42. The predicted molar refractivity (Wildman–Crippen MR) is 78.9 cm³/mol. The summed E-state index contributed by atoms with van der Waals surface area (Å²) in [5, 5.41) is 0. The lowest BCUT2D eigenvalue weighted by Crippen LogP contribution is -2.16. The smallest absolute Gasteiger partial charge is 0.142 e. The van der Waals surface area contributed by atoms with Crippen molar-refractivity contribution in [1.29, 1.82) is 0 Å². The zero-order chi connectivity index (χ0) is 14.0. The van der Waals surface area contributed by atoms with Crippen LogP contribution < -0.4 is 0 Å². The van der Waals surface area contributed by atoms with Crippen LogP contribution in [0.25, 0.3) is 6.08 Å². The van der Waals surface area contributed by atoms with Crippen LogP contribution >= 0.6 is 0 Å². The molecule has 0 saturated carbocycles. The molecule has 0 aliphatic rings. The van der Waals surface area contributed by atoms with E-state index in [4.69, 9.17) is 0 Å². The molecule has 1 aromatic carbocycles. The van der Waals surface area contributed by atoms with Gasteiger partial charge < -0.3 is 0 Å². The second-order valence-corrected chi connectivity index (χ2v) is 6.84. The number of rotatable bonds is 2. The second kappa shape index (κ2) is 5.09. The molecule has 0 atom stereocenters. The van der Waals surface area contributed by atoms with E-state index in [0.717, 1.165) is 11.8 Å². The van der Waals surface area contributed by atoms with Crippen LogP contribution in [0.3, 0.4) is 0 Å². The van der Waals surface area contributed by atoms with Crippen molar-refractivity contribution in [2.24, 2.45) is 0 Å². The van der Waals surface area contributed by atoms with Crippen LogP contribution in [0.1, 0.15) is 58.2 Å². The molecular formula is C17H24O. The Kier molecular flexibility index (Phi) is 4.16. The van der Waals surface area contributed by atoms with E-state index in [2.05, 4.69) is 59.7 Å². The monoisotopic (exact) mass is 244 g/mol. The third-order valence-corrected chi connectivity index (χ3v) is 3.05. The van der Waals surface area contributed by atoms with E-state index >= 15 is 0 Å². The molecule has 0 bridgehead atoms. The Hall–Kier alpha value is -1.37. The average molecular weight is 244 g/mol. The molecule has 1 rings (SSSR count). The fraction of sp³-hybridized carbons (Fsp3) is 0.471. The van der Waals surface area contributed by atoms with Crippen LogP contribution in [0, 0.1) is 0 Å². The van der Waals surface area contributed by atoms with Crippen LogP contribution in [0.4, 0.5) is 0 Å². The summed E-state index contributed by atoms with van der Waals surface area (Å²) >= 11 is 0. The summed E-state index contributed by atoms with van der Waals surface area (Å²) < 4.78 is 0. The third-order valence-electron chi connectivity index (χ3n) is 3.05. The van der Waals surface area contributed by atoms with Gasteiger partial charge >= 0.3 is 0 Å². The van der Waals surface area contributed by atoms with E-state index in [-0.39, 0.29) is 10.8 Å². The summed E-state index contributed by atoms with van der Waals surface area (Å²) in [6.45, 7) is 13.3. The first-order valence-electron chi connectivity index (χ1n) is 6.42. The van der Waals surface area contributed by atoms with Gasteiger partial charge in [0.05, 0.1) is 0 Å². The molecule has 98 valence electrons. The van der Waals surface area contributed by atoms with Gasteiger partial charge in [0.2, 0.25) is 0 Å². The molecule has 0 aromatic heterocycles. The molecular weight excluding hydrogens is 220 g/mol. The van der Waals surface area contributed by atoms with Crippen LogP contribution in [0.15, 0.2) is 24.3 Å². The number of hydrogen-bond donors (Lipinski definition) is 0.